The summed E-state index contributed by atoms with van der Waals surface area (Å²) in [6.07, 6.45) is 1.55. The van der Waals surface area contributed by atoms with Gasteiger partial charge in [0, 0.05) is 11.8 Å². The number of pyridine rings is 1. The van der Waals surface area contributed by atoms with E-state index in [-0.39, 0.29) is 11.5 Å². The SMILES string of the molecule is CCOc1cccc(C(=O)c2ncccc2N)c1. The number of ketones is 1. The van der Waals surface area contributed by atoms with Crippen molar-refractivity contribution in [3.05, 3.63) is 53.9 Å². The van der Waals surface area contributed by atoms with Crippen molar-refractivity contribution in [3.63, 3.8) is 0 Å². The number of carbonyl (C=O) groups excluding carboxylic acids is 1. The number of aromatic nitrogens is 1. The summed E-state index contributed by atoms with van der Waals surface area (Å²) in [6.45, 7) is 2.45. The summed E-state index contributed by atoms with van der Waals surface area (Å²) < 4.78 is 5.36. The Hall–Kier alpha value is -2.36. The second kappa shape index (κ2) is 5.31. The van der Waals surface area contributed by atoms with E-state index in [1.165, 1.54) is 0 Å². The van der Waals surface area contributed by atoms with Crippen molar-refractivity contribution in [2.45, 2.75) is 6.92 Å². The molecule has 0 amide bonds. The highest BCUT2D eigenvalue weighted by molar-refractivity contribution is 6.10. The number of nitrogens with two attached hydrogens (primary N) is 1. The van der Waals surface area contributed by atoms with E-state index in [4.69, 9.17) is 10.5 Å². The molecule has 0 aliphatic carbocycles. The van der Waals surface area contributed by atoms with E-state index in [0.29, 0.717) is 23.6 Å². The number of benzene rings is 1. The summed E-state index contributed by atoms with van der Waals surface area (Å²) in [5.41, 5.74) is 6.91. The molecule has 0 unspecified atom stereocenters. The number of hydrogen-bond donors (Lipinski definition) is 1. The number of hydrogen-bond acceptors (Lipinski definition) is 4. The fourth-order valence-electron chi connectivity index (χ4n) is 1.64. The summed E-state index contributed by atoms with van der Waals surface area (Å²) in [4.78, 5) is 16.2. The quantitative estimate of drug-likeness (QED) is 0.835. The Morgan fingerprint density at radius 3 is 2.89 bits per heavy atom. The van der Waals surface area contributed by atoms with Crippen LogP contribution in [-0.4, -0.2) is 17.4 Å². The van der Waals surface area contributed by atoms with Gasteiger partial charge in [-0.25, -0.2) is 0 Å². The van der Waals surface area contributed by atoms with Crippen LogP contribution in [0.1, 0.15) is 23.0 Å². The Bertz CT molecular complexity index is 567. The highest BCUT2D eigenvalue weighted by Gasteiger charge is 2.13. The van der Waals surface area contributed by atoms with Gasteiger partial charge in [0.05, 0.1) is 12.3 Å². The third-order valence-electron chi connectivity index (χ3n) is 2.46. The van der Waals surface area contributed by atoms with Crippen molar-refractivity contribution in [2.75, 3.05) is 12.3 Å². The number of ether oxygens (including phenoxy) is 1. The first kappa shape index (κ1) is 12.1. The molecule has 2 aromatic rings. The third-order valence-corrected chi connectivity index (χ3v) is 2.46. The van der Waals surface area contributed by atoms with Crippen molar-refractivity contribution in [3.8, 4) is 5.75 Å². The van der Waals surface area contributed by atoms with Crippen LogP contribution in [0.25, 0.3) is 0 Å². The van der Waals surface area contributed by atoms with Gasteiger partial charge in [-0.15, -0.1) is 0 Å². The minimum atomic E-state index is -0.199. The Kier molecular flexibility index (Phi) is 3.57. The molecular weight excluding hydrogens is 228 g/mol. The van der Waals surface area contributed by atoms with Gasteiger partial charge < -0.3 is 10.5 Å². The monoisotopic (exact) mass is 242 g/mol. The first-order valence-corrected chi connectivity index (χ1v) is 5.70. The van der Waals surface area contributed by atoms with Gasteiger partial charge in [0.2, 0.25) is 5.78 Å². The van der Waals surface area contributed by atoms with Crippen LogP contribution in [0.15, 0.2) is 42.6 Å². The van der Waals surface area contributed by atoms with Crippen molar-refractivity contribution in [1.29, 1.82) is 0 Å². The molecule has 0 aliphatic heterocycles. The first-order chi connectivity index (χ1) is 8.72. The van der Waals surface area contributed by atoms with Crippen LogP contribution in [0.2, 0.25) is 0 Å². The largest absolute Gasteiger partial charge is 0.494 e. The predicted octanol–water partition coefficient (Wildman–Crippen LogP) is 2.29. The topological polar surface area (TPSA) is 65.2 Å². The molecule has 2 N–H and O–H groups in total. The maximum atomic E-state index is 12.2. The maximum Gasteiger partial charge on any atom is 0.213 e. The molecule has 0 saturated carbocycles. The van der Waals surface area contributed by atoms with Crippen molar-refractivity contribution < 1.29 is 9.53 Å². The summed E-state index contributed by atoms with van der Waals surface area (Å²) >= 11 is 0. The van der Waals surface area contributed by atoms with Gasteiger partial charge in [-0.2, -0.15) is 0 Å². The normalized spacial score (nSPS) is 10.1. The fraction of sp³-hybridized carbons (Fsp3) is 0.143. The maximum absolute atomic E-state index is 12.2. The van der Waals surface area contributed by atoms with E-state index in [0.717, 1.165) is 0 Å². The first-order valence-electron chi connectivity index (χ1n) is 5.70. The van der Waals surface area contributed by atoms with Crippen LogP contribution in [-0.2, 0) is 0 Å². The molecule has 4 nitrogen and oxygen atoms in total. The zero-order valence-electron chi connectivity index (χ0n) is 10.1. The van der Waals surface area contributed by atoms with Crippen LogP contribution in [0.4, 0.5) is 5.69 Å². The van der Waals surface area contributed by atoms with Crippen molar-refractivity contribution >= 4 is 11.5 Å². The van der Waals surface area contributed by atoms with Gasteiger partial charge in [0.25, 0.3) is 0 Å². The lowest BCUT2D eigenvalue weighted by Gasteiger charge is -2.06. The van der Waals surface area contributed by atoms with Gasteiger partial charge in [0.15, 0.2) is 0 Å². The van der Waals surface area contributed by atoms with E-state index in [9.17, 15) is 4.79 Å². The van der Waals surface area contributed by atoms with Gasteiger partial charge in [-0.05, 0) is 31.2 Å². The second-order valence-electron chi connectivity index (χ2n) is 3.73. The zero-order valence-corrected chi connectivity index (χ0v) is 10.1. The number of carbonyl (C=O) groups is 1. The molecule has 0 fully saturated rings. The second-order valence-corrected chi connectivity index (χ2v) is 3.73. The summed E-state index contributed by atoms with van der Waals surface area (Å²) in [5.74, 6) is 0.465. The Balaban J connectivity index is 2.34. The minimum Gasteiger partial charge on any atom is -0.494 e. The van der Waals surface area contributed by atoms with Crippen LogP contribution in [0.3, 0.4) is 0 Å². The van der Waals surface area contributed by atoms with Gasteiger partial charge in [0.1, 0.15) is 11.4 Å². The summed E-state index contributed by atoms with van der Waals surface area (Å²) in [5, 5.41) is 0. The molecule has 0 bridgehead atoms. The smallest absolute Gasteiger partial charge is 0.213 e. The molecule has 2 rings (SSSR count). The van der Waals surface area contributed by atoms with E-state index >= 15 is 0 Å². The molecule has 92 valence electrons. The Morgan fingerprint density at radius 2 is 2.17 bits per heavy atom. The van der Waals surface area contributed by atoms with Crippen LogP contribution >= 0.6 is 0 Å². The number of nitrogens with zero attached hydrogens (tertiary/aromatic N) is 1. The highest BCUT2D eigenvalue weighted by Crippen LogP contribution is 2.18. The molecule has 0 spiro atoms. The van der Waals surface area contributed by atoms with E-state index in [2.05, 4.69) is 4.98 Å². The average Bonchev–Trinajstić information content (AvgIpc) is 2.39. The van der Waals surface area contributed by atoms with Crippen molar-refractivity contribution in [1.82, 2.24) is 4.98 Å². The average molecular weight is 242 g/mol. The van der Waals surface area contributed by atoms with Crippen LogP contribution in [0.5, 0.6) is 5.75 Å². The Morgan fingerprint density at radius 1 is 1.33 bits per heavy atom. The summed E-state index contributed by atoms with van der Waals surface area (Å²) in [6, 6.07) is 10.4. The van der Waals surface area contributed by atoms with Gasteiger partial charge in [-0.1, -0.05) is 12.1 Å². The van der Waals surface area contributed by atoms with E-state index in [1.807, 2.05) is 13.0 Å². The van der Waals surface area contributed by atoms with Crippen LogP contribution in [0, 0.1) is 0 Å². The molecular formula is C14H14N2O2. The molecule has 0 saturated heterocycles. The molecule has 1 aromatic carbocycles. The van der Waals surface area contributed by atoms with Gasteiger partial charge in [-0.3, -0.25) is 9.78 Å². The molecule has 0 radical (unpaired) electrons. The summed E-state index contributed by atoms with van der Waals surface area (Å²) in [7, 11) is 0. The van der Waals surface area contributed by atoms with Gasteiger partial charge >= 0.3 is 0 Å². The molecule has 0 atom stereocenters. The standard InChI is InChI=1S/C14H14N2O2/c1-2-18-11-6-3-5-10(9-11)14(17)13-12(15)7-4-8-16-13/h3-9H,2,15H2,1H3. The molecule has 0 aliphatic rings. The molecule has 4 heteroatoms. The lowest BCUT2D eigenvalue weighted by Crippen LogP contribution is -2.08. The third kappa shape index (κ3) is 2.48. The van der Waals surface area contributed by atoms with Crippen LogP contribution < -0.4 is 10.5 Å². The molecule has 1 aromatic heterocycles. The number of rotatable bonds is 4. The Labute approximate surface area is 105 Å². The van der Waals surface area contributed by atoms with E-state index < -0.39 is 0 Å². The lowest BCUT2D eigenvalue weighted by molar-refractivity contribution is 0.103. The zero-order chi connectivity index (χ0) is 13.0. The lowest BCUT2D eigenvalue weighted by atomic mass is 10.1. The minimum absolute atomic E-state index is 0.199. The number of anilines is 1. The number of nitrogen functional groups attached to an aromatic ring is 1. The fourth-order valence-corrected chi connectivity index (χ4v) is 1.64. The predicted molar refractivity (Wildman–Crippen MR) is 69.7 cm³/mol. The molecule has 18 heavy (non-hydrogen) atoms. The van der Waals surface area contributed by atoms with Crippen molar-refractivity contribution in [2.24, 2.45) is 0 Å². The van der Waals surface area contributed by atoms with E-state index in [1.54, 1.807) is 36.5 Å². The molecule has 1 heterocycles. The highest BCUT2D eigenvalue weighted by atomic mass is 16.5.